The van der Waals surface area contributed by atoms with E-state index in [4.69, 9.17) is 0 Å². The van der Waals surface area contributed by atoms with Gasteiger partial charge in [-0.2, -0.15) is 5.10 Å². The number of rotatable bonds is 2. The van der Waals surface area contributed by atoms with Crippen LogP contribution in [0, 0.1) is 5.92 Å². The Balaban J connectivity index is 1.65. The largest absolute Gasteiger partial charge is 0.390 e. The molecule has 2 heterocycles. The number of piperidine rings is 1. The van der Waals surface area contributed by atoms with Crippen LogP contribution >= 0.6 is 0 Å². The summed E-state index contributed by atoms with van der Waals surface area (Å²) in [7, 11) is 2.00. The molecule has 4 heteroatoms. The second kappa shape index (κ2) is 4.67. The monoisotopic (exact) mass is 249 g/mol. The Kier molecular flexibility index (Phi) is 3.16. The third kappa shape index (κ3) is 2.19. The zero-order chi connectivity index (χ0) is 12.6. The number of aromatic nitrogens is 2. The van der Waals surface area contributed by atoms with Gasteiger partial charge in [0.1, 0.15) is 0 Å². The molecule has 2 unspecified atom stereocenters. The van der Waals surface area contributed by atoms with Gasteiger partial charge < -0.3 is 5.11 Å². The summed E-state index contributed by atoms with van der Waals surface area (Å²) in [5.74, 6) is 0.480. The molecule has 3 rings (SSSR count). The quantitative estimate of drug-likeness (QED) is 0.864. The Bertz CT molecular complexity index is 417. The summed E-state index contributed by atoms with van der Waals surface area (Å²) in [5, 5.41) is 14.9. The van der Waals surface area contributed by atoms with E-state index in [0.717, 1.165) is 32.5 Å². The molecule has 0 bridgehead atoms. The number of hydrogen-bond donors (Lipinski definition) is 1. The fourth-order valence-corrected chi connectivity index (χ4v) is 3.57. The van der Waals surface area contributed by atoms with Gasteiger partial charge in [0.15, 0.2) is 0 Å². The summed E-state index contributed by atoms with van der Waals surface area (Å²) < 4.78 is 1.95. The Labute approximate surface area is 109 Å². The zero-order valence-corrected chi connectivity index (χ0v) is 11.2. The molecule has 1 aliphatic carbocycles. The van der Waals surface area contributed by atoms with Gasteiger partial charge in [0, 0.05) is 38.8 Å². The van der Waals surface area contributed by atoms with E-state index in [1.54, 1.807) is 0 Å². The number of aryl methyl sites for hydroxylation is 1. The van der Waals surface area contributed by atoms with Gasteiger partial charge >= 0.3 is 0 Å². The maximum absolute atomic E-state index is 10.6. The lowest BCUT2D eigenvalue weighted by Crippen LogP contribution is -2.53. The Morgan fingerprint density at radius 2 is 2.33 bits per heavy atom. The topological polar surface area (TPSA) is 41.3 Å². The number of aliphatic hydroxyl groups is 1. The van der Waals surface area contributed by atoms with Crippen molar-refractivity contribution in [2.24, 2.45) is 13.0 Å². The molecule has 2 fully saturated rings. The first kappa shape index (κ1) is 12.2. The molecular weight excluding hydrogens is 226 g/mol. The van der Waals surface area contributed by atoms with Crippen molar-refractivity contribution in [2.75, 3.05) is 13.1 Å². The van der Waals surface area contributed by atoms with Crippen molar-refractivity contribution in [3.63, 3.8) is 0 Å². The lowest BCUT2D eigenvalue weighted by molar-refractivity contribution is -0.0970. The van der Waals surface area contributed by atoms with Crippen molar-refractivity contribution in [2.45, 2.75) is 44.2 Å². The van der Waals surface area contributed by atoms with E-state index in [0.29, 0.717) is 5.92 Å². The van der Waals surface area contributed by atoms with E-state index in [9.17, 15) is 5.11 Å². The highest BCUT2D eigenvalue weighted by Crippen LogP contribution is 2.39. The van der Waals surface area contributed by atoms with Gasteiger partial charge in [-0.3, -0.25) is 9.58 Å². The second-order valence-electron chi connectivity index (χ2n) is 5.98. The van der Waals surface area contributed by atoms with Crippen LogP contribution in [0.25, 0.3) is 0 Å². The molecule has 2 aliphatic rings. The second-order valence-corrected chi connectivity index (χ2v) is 5.98. The standard InChI is InChI=1S/C14H23N3O/c1-16-13(5-8-15-16)11-17-9-7-14(18)6-3-2-4-12(14)10-17/h5,8,12,18H,2-4,6-7,9-11H2,1H3. The Morgan fingerprint density at radius 3 is 3.11 bits per heavy atom. The van der Waals surface area contributed by atoms with Crippen LogP contribution in [-0.4, -0.2) is 38.5 Å². The zero-order valence-electron chi connectivity index (χ0n) is 11.2. The van der Waals surface area contributed by atoms with Crippen molar-refractivity contribution in [1.29, 1.82) is 0 Å². The van der Waals surface area contributed by atoms with Crippen molar-refractivity contribution in [1.82, 2.24) is 14.7 Å². The third-order valence-corrected chi connectivity index (χ3v) is 4.82. The molecule has 18 heavy (non-hydrogen) atoms. The van der Waals surface area contributed by atoms with Gasteiger partial charge in [0.2, 0.25) is 0 Å². The van der Waals surface area contributed by atoms with Crippen molar-refractivity contribution >= 4 is 0 Å². The predicted octanol–water partition coefficient (Wildman–Crippen LogP) is 1.55. The van der Waals surface area contributed by atoms with Crippen LogP contribution in [0.2, 0.25) is 0 Å². The van der Waals surface area contributed by atoms with E-state index >= 15 is 0 Å². The van der Waals surface area contributed by atoms with Crippen LogP contribution in [0.5, 0.6) is 0 Å². The van der Waals surface area contributed by atoms with Crippen LogP contribution < -0.4 is 0 Å². The summed E-state index contributed by atoms with van der Waals surface area (Å²) in [4.78, 5) is 2.47. The maximum Gasteiger partial charge on any atom is 0.0700 e. The number of fused-ring (bicyclic) bond motifs is 1. The minimum Gasteiger partial charge on any atom is -0.390 e. The van der Waals surface area contributed by atoms with Gasteiger partial charge in [-0.25, -0.2) is 0 Å². The minimum absolute atomic E-state index is 0.360. The number of hydrogen-bond acceptors (Lipinski definition) is 3. The summed E-state index contributed by atoms with van der Waals surface area (Å²) in [6.45, 7) is 3.02. The molecule has 1 aromatic rings. The molecule has 1 saturated carbocycles. The average Bonchev–Trinajstić information content (AvgIpc) is 2.75. The van der Waals surface area contributed by atoms with Crippen LogP contribution in [-0.2, 0) is 13.6 Å². The smallest absolute Gasteiger partial charge is 0.0700 e. The third-order valence-electron chi connectivity index (χ3n) is 4.82. The SMILES string of the molecule is Cn1nccc1CN1CCC2(O)CCCCC2C1. The predicted molar refractivity (Wildman–Crippen MR) is 70.0 cm³/mol. The molecule has 1 aromatic heterocycles. The summed E-state index contributed by atoms with van der Waals surface area (Å²) in [6, 6.07) is 2.08. The lowest BCUT2D eigenvalue weighted by atomic mass is 9.71. The highest BCUT2D eigenvalue weighted by Gasteiger charge is 2.42. The minimum atomic E-state index is -0.360. The summed E-state index contributed by atoms with van der Waals surface area (Å²) in [5.41, 5.74) is 0.901. The molecule has 1 N–H and O–H groups in total. The summed E-state index contributed by atoms with van der Waals surface area (Å²) >= 11 is 0. The van der Waals surface area contributed by atoms with E-state index in [2.05, 4.69) is 16.1 Å². The molecule has 4 nitrogen and oxygen atoms in total. The van der Waals surface area contributed by atoms with Gasteiger partial charge in [-0.1, -0.05) is 12.8 Å². The first-order valence-electron chi connectivity index (χ1n) is 7.09. The van der Waals surface area contributed by atoms with E-state index in [1.165, 1.54) is 25.0 Å². The Morgan fingerprint density at radius 1 is 1.44 bits per heavy atom. The Hall–Kier alpha value is -0.870. The van der Waals surface area contributed by atoms with Crippen LogP contribution in [0.4, 0.5) is 0 Å². The molecule has 0 spiro atoms. The fourth-order valence-electron chi connectivity index (χ4n) is 3.57. The van der Waals surface area contributed by atoms with E-state index in [1.807, 2.05) is 17.9 Å². The van der Waals surface area contributed by atoms with Crippen LogP contribution in [0.1, 0.15) is 37.8 Å². The number of likely N-dealkylation sites (tertiary alicyclic amines) is 1. The normalized spacial score (nSPS) is 33.3. The van der Waals surface area contributed by atoms with Gasteiger partial charge in [-0.05, 0) is 25.3 Å². The maximum atomic E-state index is 10.6. The fraction of sp³-hybridized carbons (Fsp3) is 0.786. The highest BCUT2D eigenvalue weighted by atomic mass is 16.3. The van der Waals surface area contributed by atoms with Crippen LogP contribution in [0.3, 0.4) is 0 Å². The molecule has 2 atom stereocenters. The molecule has 0 amide bonds. The van der Waals surface area contributed by atoms with Crippen molar-refractivity contribution in [3.8, 4) is 0 Å². The van der Waals surface area contributed by atoms with Crippen molar-refractivity contribution in [3.05, 3.63) is 18.0 Å². The van der Waals surface area contributed by atoms with Gasteiger partial charge in [0.05, 0.1) is 11.3 Å². The molecule has 0 aromatic carbocycles. The molecule has 100 valence electrons. The number of nitrogens with zero attached hydrogens (tertiary/aromatic N) is 3. The highest BCUT2D eigenvalue weighted by molar-refractivity contribution is 5.02. The van der Waals surface area contributed by atoms with Gasteiger partial charge in [-0.15, -0.1) is 0 Å². The van der Waals surface area contributed by atoms with E-state index < -0.39 is 0 Å². The first-order chi connectivity index (χ1) is 8.67. The molecular formula is C14H23N3O. The van der Waals surface area contributed by atoms with Gasteiger partial charge in [0.25, 0.3) is 0 Å². The summed E-state index contributed by atoms with van der Waals surface area (Å²) in [6.07, 6.45) is 7.49. The lowest BCUT2D eigenvalue weighted by Gasteiger charge is -2.47. The van der Waals surface area contributed by atoms with Crippen molar-refractivity contribution < 1.29 is 5.11 Å². The first-order valence-corrected chi connectivity index (χ1v) is 7.09. The van der Waals surface area contributed by atoms with Crippen LogP contribution in [0.15, 0.2) is 12.3 Å². The molecule has 1 saturated heterocycles. The molecule has 1 aliphatic heterocycles. The molecule has 0 radical (unpaired) electrons. The average molecular weight is 249 g/mol. The van der Waals surface area contributed by atoms with E-state index in [-0.39, 0.29) is 5.60 Å².